The lowest BCUT2D eigenvalue weighted by Gasteiger charge is -2.47. The fourth-order valence-corrected chi connectivity index (χ4v) is 6.67. The summed E-state index contributed by atoms with van der Waals surface area (Å²) in [5.41, 5.74) is 4.79. The molecule has 0 radical (unpaired) electrons. The maximum Gasteiger partial charge on any atom is 0.227 e. The van der Waals surface area contributed by atoms with Crippen LogP contribution in [0.15, 0.2) is 23.5 Å². The Morgan fingerprint density at radius 3 is 2.39 bits per heavy atom. The van der Waals surface area contributed by atoms with E-state index in [1.165, 1.54) is 0 Å². The third-order valence-corrected chi connectivity index (χ3v) is 9.71. The fraction of sp³-hybridized carbons (Fsp3) is 0.724. The van der Waals surface area contributed by atoms with E-state index in [0.717, 1.165) is 56.5 Å². The third kappa shape index (κ3) is 4.72. The maximum atomic E-state index is 14.0. The number of carbonyl (C=O) groups excluding carboxylic acids is 3. The zero-order valence-electron chi connectivity index (χ0n) is 22.9. The first kappa shape index (κ1) is 26.7. The molecule has 1 aliphatic heterocycles. The molecule has 0 aromatic carbocycles. The summed E-state index contributed by atoms with van der Waals surface area (Å²) in [7, 11) is 1.64. The number of hydrogen-bond acceptors (Lipinski definition) is 6. The van der Waals surface area contributed by atoms with E-state index in [1.807, 2.05) is 19.9 Å². The van der Waals surface area contributed by atoms with Crippen LogP contribution in [0.1, 0.15) is 71.6 Å². The van der Waals surface area contributed by atoms with E-state index in [9.17, 15) is 19.6 Å². The summed E-state index contributed by atoms with van der Waals surface area (Å²) in [5.74, 6) is -0.259. The Labute approximate surface area is 225 Å². The lowest BCUT2D eigenvalue weighted by Crippen LogP contribution is -2.61. The molecule has 5 aliphatic rings. The van der Waals surface area contributed by atoms with E-state index < -0.39 is 11.0 Å². The SMILES string of the molecule is COC1=C(C(C)(C)C(N)=O)C=CC(N2CCN(C(=O)[C@@H]3CCCC[C@H]3C(=O)NC3(C#N)CC3)C3(CC3)C2)C1. The number of nitrogens with two attached hydrogens (primary N) is 1. The molecule has 3 atom stereocenters. The quantitative estimate of drug-likeness (QED) is 0.527. The second-order valence-corrected chi connectivity index (χ2v) is 12.5. The van der Waals surface area contributed by atoms with Crippen LogP contribution in [0.25, 0.3) is 0 Å². The zero-order chi connectivity index (χ0) is 27.3. The van der Waals surface area contributed by atoms with Gasteiger partial charge in [0.15, 0.2) is 0 Å². The molecule has 1 saturated heterocycles. The van der Waals surface area contributed by atoms with Crippen molar-refractivity contribution in [3.05, 3.63) is 23.5 Å². The summed E-state index contributed by atoms with van der Waals surface area (Å²) in [5, 5.41) is 12.4. The van der Waals surface area contributed by atoms with Crippen molar-refractivity contribution in [2.45, 2.75) is 88.8 Å². The van der Waals surface area contributed by atoms with Crippen molar-refractivity contribution in [3.8, 4) is 6.07 Å². The van der Waals surface area contributed by atoms with E-state index in [1.54, 1.807) is 7.11 Å². The van der Waals surface area contributed by atoms with E-state index in [0.29, 0.717) is 32.2 Å². The molecule has 9 nitrogen and oxygen atoms in total. The van der Waals surface area contributed by atoms with Gasteiger partial charge in [-0.05, 0) is 52.4 Å². The molecule has 5 rings (SSSR count). The van der Waals surface area contributed by atoms with Gasteiger partial charge in [0.2, 0.25) is 17.7 Å². The standard InChI is InChI=1S/C29H41N5O4/c1-27(2,26(31)37)22-9-8-19(16-23(22)38-3)33-14-15-34(29(18-33)12-13-29)25(36)21-7-5-4-6-20(21)24(35)32-28(17-30)10-11-28/h8-9,19-21H,4-7,10-16,18H2,1-3H3,(H2,31,37)(H,32,35)/t19?,20-,21-/m1/s1. The van der Waals surface area contributed by atoms with E-state index >= 15 is 0 Å². The Balaban J connectivity index is 1.26. The normalized spacial score (nSPS) is 29.9. The van der Waals surface area contributed by atoms with Gasteiger partial charge in [0.05, 0.1) is 24.1 Å². The average Bonchev–Trinajstić information content (AvgIpc) is 3.86. The molecule has 0 bridgehead atoms. The van der Waals surface area contributed by atoms with Gasteiger partial charge in [-0.3, -0.25) is 19.3 Å². The van der Waals surface area contributed by atoms with Gasteiger partial charge in [0.25, 0.3) is 0 Å². The van der Waals surface area contributed by atoms with Crippen molar-refractivity contribution >= 4 is 17.7 Å². The number of carbonyl (C=O) groups is 3. The molecule has 3 N–H and O–H groups in total. The highest BCUT2D eigenvalue weighted by atomic mass is 16.5. The van der Waals surface area contributed by atoms with Crippen LogP contribution >= 0.6 is 0 Å². The minimum Gasteiger partial charge on any atom is -0.501 e. The molecular formula is C29H41N5O4. The van der Waals surface area contributed by atoms with Gasteiger partial charge in [0.1, 0.15) is 11.3 Å². The number of amides is 3. The Hall–Kier alpha value is -2.86. The van der Waals surface area contributed by atoms with Gasteiger partial charge in [-0.2, -0.15) is 5.26 Å². The molecular weight excluding hydrogens is 482 g/mol. The first-order valence-corrected chi connectivity index (χ1v) is 14.1. The minimum atomic E-state index is -0.815. The lowest BCUT2D eigenvalue weighted by atomic mass is 9.77. The van der Waals surface area contributed by atoms with Crippen LogP contribution in [-0.4, -0.2) is 71.4 Å². The number of hydrogen-bond donors (Lipinski definition) is 2. The highest BCUT2D eigenvalue weighted by Crippen LogP contribution is 2.48. The minimum absolute atomic E-state index is 0.117. The van der Waals surface area contributed by atoms with Gasteiger partial charge in [0, 0.05) is 49.5 Å². The van der Waals surface area contributed by atoms with Gasteiger partial charge in [-0.15, -0.1) is 0 Å². The first-order chi connectivity index (χ1) is 18.1. The third-order valence-electron chi connectivity index (χ3n) is 9.71. The smallest absolute Gasteiger partial charge is 0.227 e. The number of rotatable bonds is 7. The van der Waals surface area contributed by atoms with Crippen LogP contribution in [0.4, 0.5) is 0 Å². The lowest BCUT2D eigenvalue weighted by molar-refractivity contribution is -0.149. The molecule has 4 fully saturated rings. The van der Waals surface area contributed by atoms with E-state index in [4.69, 9.17) is 10.5 Å². The van der Waals surface area contributed by atoms with Gasteiger partial charge in [-0.1, -0.05) is 25.0 Å². The van der Waals surface area contributed by atoms with Crippen molar-refractivity contribution in [2.75, 3.05) is 26.7 Å². The summed E-state index contributed by atoms with van der Waals surface area (Å²) < 4.78 is 5.72. The predicted octanol–water partition coefficient (Wildman–Crippen LogP) is 2.38. The predicted molar refractivity (Wildman–Crippen MR) is 141 cm³/mol. The van der Waals surface area contributed by atoms with Crippen LogP contribution in [0.2, 0.25) is 0 Å². The van der Waals surface area contributed by atoms with Gasteiger partial charge < -0.3 is 20.7 Å². The summed E-state index contributed by atoms with van der Waals surface area (Å²) >= 11 is 0. The van der Waals surface area contributed by atoms with E-state index in [2.05, 4.69) is 27.3 Å². The number of primary amides is 1. The number of methoxy groups -OCH3 is 1. The Morgan fingerprint density at radius 1 is 1.13 bits per heavy atom. The Bertz CT molecular complexity index is 1110. The number of nitrogens with zero attached hydrogens (tertiary/aromatic N) is 3. The maximum absolute atomic E-state index is 14.0. The molecule has 1 heterocycles. The fourth-order valence-electron chi connectivity index (χ4n) is 6.67. The molecule has 3 saturated carbocycles. The number of ether oxygens (including phenoxy) is 1. The molecule has 206 valence electrons. The molecule has 38 heavy (non-hydrogen) atoms. The molecule has 9 heteroatoms. The van der Waals surface area contributed by atoms with Gasteiger partial charge in [-0.25, -0.2) is 0 Å². The van der Waals surface area contributed by atoms with Crippen LogP contribution in [0.5, 0.6) is 0 Å². The number of nitriles is 1. The Morgan fingerprint density at radius 2 is 1.82 bits per heavy atom. The summed E-state index contributed by atoms with van der Waals surface area (Å²) in [4.78, 5) is 43.7. The first-order valence-electron chi connectivity index (χ1n) is 14.1. The monoisotopic (exact) mass is 523 g/mol. The number of piperazine rings is 1. The second-order valence-electron chi connectivity index (χ2n) is 12.5. The Kier molecular flexibility index (Phi) is 6.83. The van der Waals surface area contributed by atoms with E-state index in [-0.39, 0.29) is 41.1 Å². The second kappa shape index (κ2) is 9.71. The van der Waals surface area contributed by atoms with Crippen LogP contribution in [0.3, 0.4) is 0 Å². The summed E-state index contributed by atoms with van der Waals surface area (Å²) in [6.07, 6.45) is 11.5. The van der Waals surface area contributed by atoms with Crippen LogP contribution < -0.4 is 11.1 Å². The largest absolute Gasteiger partial charge is 0.501 e. The van der Waals surface area contributed by atoms with Crippen molar-refractivity contribution in [3.63, 3.8) is 0 Å². The van der Waals surface area contributed by atoms with Crippen molar-refractivity contribution < 1.29 is 19.1 Å². The van der Waals surface area contributed by atoms with Crippen molar-refractivity contribution in [1.82, 2.24) is 15.1 Å². The number of nitrogens with one attached hydrogen (secondary N) is 1. The molecule has 3 amide bonds. The summed E-state index contributed by atoms with van der Waals surface area (Å²) in [6.45, 7) is 5.82. The van der Waals surface area contributed by atoms with Crippen LogP contribution in [0, 0.1) is 28.6 Å². The highest BCUT2D eigenvalue weighted by molar-refractivity contribution is 5.89. The molecule has 1 unspecified atom stereocenters. The van der Waals surface area contributed by atoms with Crippen LogP contribution in [-0.2, 0) is 19.1 Å². The topological polar surface area (TPSA) is 129 Å². The number of allylic oxidation sites excluding steroid dienone is 1. The average molecular weight is 524 g/mol. The molecule has 0 aromatic rings. The van der Waals surface area contributed by atoms with Crippen molar-refractivity contribution in [1.29, 1.82) is 5.26 Å². The summed E-state index contributed by atoms with van der Waals surface area (Å²) in [6, 6.07) is 2.37. The van der Waals surface area contributed by atoms with Gasteiger partial charge >= 0.3 is 0 Å². The highest BCUT2D eigenvalue weighted by Gasteiger charge is 2.56. The molecule has 4 aliphatic carbocycles. The molecule has 1 spiro atoms. The van der Waals surface area contributed by atoms with Crippen molar-refractivity contribution in [2.24, 2.45) is 23.0 Å². The molecule has 0 aromatic heterocycles. The zero-order valence-corrected chi connectivity index (χ0v) is 22.9.